The van der Waals surface area contributed by atoms with Gasteiger partial charge in [0.2, 0.25) is 0 Å². The van der Waals surface area contributed by atoms with Crippen molar-refractivity contribution >= 4 is 21.6 Å². The lowest BCUT2D eigenvalue weighted by atomic mass is 10.2. The highest BCUT2D eigenvalue weighted by Gasteiger charge is 2.32. The fourth-order valence-corrected chi connectivity index (χ4v) is 4.29. The van der Waals surface area contributed by atoms with E-state index in [1.807, 2.05) is 13.8 Å². The molecule has 1 amide bonds. The molecule has 0 unspecified atom stereocenters. The predicted molar refractivity (Wildman–Crippen MR) is 116 cm³/mol. The Morgan fingerprint density at radius 1 is 0.867 bits per heavy atom. The molecule has 0 spiro atoms. The van der Waals surface area contributed by atoms with Gasteiger partial charge in [0, 0.05) is 5.56 Å². The fraction of sp³-hybridized carbons (Fsp3) is 0.174. The molecule has 3 aromatic carbocycles. The zero-order chi connectivity index (χ0) is 21.7. The Labute approximate surface area is 176 Å². The number of hydrogen-bond acceptors (Lipinski definition) is 5. The summed E-state index contributed by atoms with van der Waals surface area (Å²) in [7, 11) is -2.63. The number of ether oxygens (including phenoxy) is 2. The summed E-state index contributed by atoms with van der Waals surface area (Å²) in [5.74, 6) is 0.494. The first-order valence-corrected chi connectivity index (χ1v) is 10.8. The van der Waals surface area contributed by atoms with E-state index < -0.39 is 15.9 Å². The number of carbonyl (C=O) groups excluding carboxylic acids is 1. The Morgan fingerprint density at radius 3 is 1.97 bits per heavy atom. The number of methoxy groups -OCH3 is 1. The van der Waals surface area contributed by atoms with Gasteiger partial charge in [-0.15, -0.1) is 0 Å². The van der Waals surface area contributed by atoms with E-state index in [0.29, 0.717) is 18.1 Å². The molecule has 30 heavy (non-hydrogen) atoms. The molecular weight excluding hydrogens is 402 g/mol. The number of carbonyl (C=O) groups is 1. The molecule has 7 heteroatoms. The van der Waals surface area contributed by atoms with E-state index in [2.05, 4.69) is 0 Å². The molecule has 0 fully saturated rings. The largest absolute Gasteiger partial charge is 0.497 e. The number of nitrogens with zero attached hydrogens (tertiary/aromatic N) is 1. The fourth-order valence-electron chi connectivity index (χ4n) is 2.88. The van der Waals surface area contributed by atoms with Gasteiger partial charge in [-0.3, -0.25) is 4.79 Å². The molecule has 0 N–H and O–H groups in total. The Balaban J connectivity index is 2.09. The highest BCUT2D eigenvalue weighted by molar-refractivity contribution is 7.93. The van der Waals surface area contributed by atoms with Crippen molar-refractivity contribution in [2.24, 2.45) is 0 Å². The Kier molecular flexibility index (Phi) is 6.42. The minimum atomic E-state index is -4.15. The highest BCUT2D eigenvalue weighted by Crippen LogP contribution is 2.28. The molecule has 0 aliphatic carbocycles. The second-order valence-corrected chi connectivity index (χ2v) is 8.33. The van der Waals surface area contributed by atoms with Crippen molar-refractivity contribution in [2.45, 2.75) is 18.7 Å². The van der Waals surface area contributed by atoms with Crippen LogP contribution in [-0.2, 0) is 10.0 Å². The van der Waals surface area contributed by atoms with Crippen LogP contribution < -0.4 is 13.8 Å². The van der Waals surface area contributed by atoms with E-state index in [0.717, 1.165) is 9.87 Å². The van der Waals surface area contributed by atoms with E-state index in [-0.39, 0.29) is 16.1 Å². The molecule has 3 aromatic rings. The molecule has 3 rings (SSSR count). The van der Waals surface area contributed by atoms with Gasteiger partial charge in [-0.25, -0.2) is 8.42 Å². The molecule has 0 aromatic heterocycles. The van der Waals surface area contributed by atoms with E-state index in [9.17, 15) is 13.2 Å². The summed E-state index contributed by atoms with van der Waals surface area (Å²) in [5, 5.41) is 0. The van der Waals surface area contributed by atoms with Gasteiger partial charge >= 0.3 is 0 Å². The quantitative estimate of drug-likeness (QED) is 0.560. The standard InChI is InChI=1S/C23H23NO5S/c1-4-29-21-13-9-19(10-14-21)24(23(25)18-7-11-20(28-3)12-8-18)30(26,27)22-15-5-17(2)6-16-22/h5-16H,4H2,1-3H3. The summed E-state index contributed by atoms with van der Waals surface area (Å²) in [6.07, 6.45) is 0. The van der Waals surface area contributed by atoms with Crippen LogP contribution in [0.5, 0.6) is 11.5 Å². The van der Waals surface area contributed by atoms with E-state index >= 15 is 0 Å². The lowest BCUT2D eigenvalue weighted by Gasteiger charge is -2.23. The third kappa shape index (κ3) is 4.46. The van der Waals surface area contributed by atoms with Crippen LogP contribution in [0, 0.1) is 6.92 Å². The lowest BCUT2D eigenvalue weighted by Crippen LogP contribution is -2.37. The maximum atomic E-state index is 13.4. The van der Waals surface area contributed by atoms with Crippen LogP contribution >= 0.6 is 0 Å². The number of aryl methyl sites for hydroxylation is 1. The number of benzene rings is 3. The maximum absolute atomic E-state index is 13.4. The second-order valence-electron chi connectivity index (χ2n) is 6.54. The van der Waals surface area contributed by atoms with Gasteiger partial charge in [-0.2, -0.15) is 4.31 Å². The van der Waals surface area contributed by atoms with Crippen molar-refractivity contribution in [3.05, 3.63) is 83.9 Å². The molecule has 0 heterocycles. The van der Waals surface area contributed by atoms with Crippen molar-refractivity contribution in [1.82, 2.24) is 0 Å². The van der Waals surface area contributed by atoms with Crippen molar-refractivity contribution in [1.29, 1.82) is 0 Å². The SMILES string of the molecule is CCOc1ccc(N(C(=O)c2ccc(OC)cc2)S(=O)(=O)c2ccc(C)cc2)cc1. The van der Waals surface area contributed by atoms with Gasteiger partial charge in [-0.1, -0.05) is 17.7 Å². The number of amides is 1. The third-order valence-corrected chi connectivity index (χ3v) is 6.19. The molecule has 0 bridgehead atoms. The first kappa shape index (κ1) is 21.4. The van der Waals surface area contributed by atoms with E-state index in [1.54, 1.807) is 48.5 Å². The molecule has 0 radical (unpaired) electrons. The van der Waals surface area contributed by atoms with Crippen molar-refractivity contribution in [2.75, 3.05) is 18.0 Å². The number of rotatable bonds is 7. The van der Waals surface area contributed by atoms with E-state index in [4.69, 9.17) is 9.47 Å². The number of sulfonamides is 1. The summed E-state index contributed by atoms with van der Waals surface area (Å²) in [5.41, 5.74) is 1.36. The minimum absolute atomic E-state index is 0.0313. The van der Waals surface area contributed by atoms with Crippen LogP contribution in [0.1, 0.15) is 22.8 Å². The molecule has 0 aliphatic rings. The first-order valence-electron chi connectivity index (χ1n) is 9.40. The van der Waals surface area contributed by atoms with Crippen molar-refractivity contribution < 1.29 is 22.7 Å². The lowest BCUT2D eigenvalue weighted by molar-refractivity contribution is 0.101. The number of hydrogen-bond donors (Lipinski definition) is 0. The van der Waals surface area contributed by atoms with Gasteiger partial charge in [0.25, 0.3) is 15.9 Å². The Bertz CT molecular complexity index is 1110. The zero-order valence-electron chi connectivity index (χ0n) is 17.0. The molecule has 0 atom stereocenters. The zero-order valence-corrected chi connectivity index (χ0v) is 17.8. The van der Waals surface area contributed by atoms with Crippen LogP contribution in [0.2, 0.25) is 0 Å². The average Bonchev–Trinajstić information content (AvgIpc) is 2.75. The third-order valence-electron chi connectivity index (χ3n) is 4.46. The summed E-state index contributed by atoms with van der Waals surface area (Å²) in [4.78, 5) is 13.3. The molecule has 0 aliphatic heterocycles. The van der Waals surface area contributed by atoms with Gasteiger partial charge in [0.1, 0.15) is 11.5 Å². The molecule has 0 saturated carbocycles. The topological polar surface area (TPSA) is 72.9 Å². The minimum Gasteiger partial charge on any atom is -0.497 e. The molecule has 156 valence electrons. The van der Waals surface area contributed by atoms with E-state index in [1.165, 1.54) is 31.4 Å². The summed E-state index contributed by atoms with van der Waals surface area (Å²) in [6.45, 7) is 4.20. The van der Waals surface area contributed by atoms with Crippen LogP contribution in [0.15, 0.2) is 77.7 Å². The summed E-state index contributed by atoms with van der Waals surface area (Å²) in [6, 6.07) is 19.1. The Hall–Kier alpha value is -3.32. The highest BCUT2D eigenvalue weighted by atomic mass is 32.2. The van der Waals surface area contributed by atoms with Crippen molar-refractivity contribution in [3.63, 3.8) is 0 Å². The van der Waals surface area contributed by atoms with Crippen LogP contribution in [-0.4, -0.2) is 28.0 Å². The van der Waals surface area contributed by atoms with Crippen LogP contribution in [0.4, 0.5) is 5.69 Å². The van der Waals surface area contributed by atoms with Gasteiger partial charge < -0.3 is 9.47 Å². The van der Waals surface area contributed by atoms with Crippen LogP contribution in [0.3, 0.4) is 0 Å². The van der Waals surface area contributed by atoms with Crippen molar-refractivity contribution in [3.8, 4) is 11.5 Å². The predicted octanol–water partition coefficient (Wildman–Crippen LogP) is 4.44. The van der Waals surface area contributed by atoms with Gasteiger partial charge in [0.05, 0.1) is 24.3 Å². The number of anilines is 1. The normalized spacial score (nSPS) is 11.0. The van der Waals surface area contributed by atoms with Crippen LogP contribution in [0.25, 0.3) is 0 Å². The second kappa shape index (κ2) is 9.00. The smallest absolute Gasteiger partial charge is 0.272 e. The molecule has 0 saturated heterocycles. The van der Waals surface area contributed by atoms with Gasteiger partial charge in [0.15, 0.2) is 0 Å². The Morgan fingerprint density at radius 2 is 1.43 bits per heavy atom. The average molecular weight is 426 g/mol. The van der Waals surface area contributed by atoms with Gasteiger partial charge in [-0.05, 0) is 74.5 Å². The maximum Gasteiger partial charge on any atom is 0.272 e. The summed E-state index contributed by atoms with van der Waals surface area (Å²) < 4.78 is 38.2. The molecule has 6 nitrogen and oxygen atoms in total. The molecular formula is C23H23NO5S. The summed E-state index contributed by atoms with van der Waals surface area (Å²) >= 11 is 0. The monoisotopic (exact) mass is 425 g/mol. The first-order chi connectivity index (χ1) is 14.4.